The molecule has 0 spiro atoms. The van der Waals surface area contributed by atoms with E-state index < -0.39 is 17.5 Å². The van der Waals surface area contributed by atoms with Crippen LogP contribution in [0.2, 0.25) is 5.02 Å². The number of aryl methyl sites for hydroxylation is 1. The maximum absolute atomic E-state index is 12.0. The molecule has 0 unspecified atom stereocenters. The highest BCUT2D eigenvalue weighted by atomic mass is 35.5. The minimum Gasteiger partial charge on any atom is -0.480 e. The number of anilines is 1. The number of carbonyl (C=O) groups excluding carboxylic acids is 1. The van der Waals surface area contributed by atoms with Gasteiger partial charge in [-0.15, -0.1) is 0 Å². The number of benzene rings is 1. The average Bonchev–Trinajstić information content (AvgIpc) is 2.32. The van der Waals surface area contributed by atoms with Crippen molar-refractivity contribution in [1.29, 1.82) is 0 Å². The average molecular weight is 285 g/mol. The van der Waals surface area contributed by atoms with E-state index in [4.69, 9.17) is 16.7 Å². The quantitative estimate of drug-likeness (QED) is 0.896. The van der Waals surface area contributed by atoms with Gasteiger partial charge >= 0.3 is 12.0 Å². The van der Waals surface area contributed by atoms with Crippen LogP contribution in [0, 0.1) is 6.92 Å². The number of amides is 2. The molecule has 2 N–H and O–H groups in total. The first-order chi connectivity index (χ1) is 8.66. The fraction of sp³-hybridized carbons (Fsp3) is 0.385. The number of carbonyl (C=O) groups is 2. The predicted molar refractivity (Wildman–Crippen MR) is 74.7 cm³/mol. The lowest BCUT2D eigenvalue weighted by Crippen LogP contribution is -2.52. The Morgan fingerprint density at radius 3 is 2.47 bits per heavy atom. The molecule has 2 amide bonds. The molecule has 0 radical (unpaired) electrons. The SMILES string of the molecule is Cc1ccc(Cl)c(NC(=O)N(C)C(C)(C)C(=O)O)c1. The van der Waals surface area contributed by atoms with E-state index in [9.17, 15) is 9.59 Å². The number of nitrogens with zero attached hydrogens (tertiary/aromatic N) is 1. The second-order valence-electron chi connectivity index (χ2n) is 4.84. The number of nitrogens with one attached hydrogen (secondary N) is 1. The molecule has 0 saturated carbocycles. The van der Waals surface area contributed by atoms with Gasteiger partial charge in [-0.2, -0.15) is 0 Å². The minimum absolute atomic E-state index is 0.403. The van der Waals surface area contributed by atoms with Crippen LogP contribution in [-0.4, -0.2) is 34.6 Å². The number of likely N-dealkylation sites (N-methyl/N-ethyl adjacent to an activating group) is 1. The third kappa shape index (κ3) is 3.38. The maximum Gasteiger partial charge on any atom is 0.329 e. The second kappa shape index (κ2) is 5.48. The van der Waals surface area contributed by atoms with Crippen molar-refractivity contribution < 1.29 is 14.7 Å². The van der Waals surface area contributed by atoms with Crippen LogP contribution in [0.15, 0.2) is 18.2 Å². The number of carboxylic acids is 1. The lowest BCUT2D eigenvalue weighted by molar-refractivity contribution is -0.146. The van der Waals surface area contributed by atoms with E-state index in [-0.39, 0.29) is 0 Å². The molecule has 5 nitrogen and oxygen atoms in total. The van der Waals surface area contributed by atoms with Crippen molar-refractivity contribution in [2.45, 2.75) is 26.3 Å². The molecule has 1 rings (SSSR count). The smallest absolute Gasteiger partial charge is 0.329 e. The van der Waals surface area contributed by atoms with Gasteiger partial charge in [0.15, 0.2) is 0 Å². The van der Waals surface area contributed by atoms with E-state index in [2.05, 4.69) is 5.32 Å². The predicted octanol–water partition coefficient (Wildman–Crippen LogP) is 2.98. The zero-order valence-electron chi connectivity index (χ0n) is 11.3. The van der Waals surface area contributed by atoms with Gasteiger partial charge in [-0.3, -0.25) is 0 Å². The highest BCUT2D eigenvalue weighted by Crippen LogP contribution is 2.24. The van der Waals surface area contributed by atoms with Gasteiger partial charge in [0.05, 0.1) is 10.7 Å². The molecule has 104 valence electrons. The molecular formula is C13H17ClN2O3. The highest BCUT2D eigenvalue weighted by molar-refractivity contribution is 6.33. The van der Waals surface area contributed by atoms with Crippen LogP contribution in [0.4, 0.5) is 10.5 Å². The van der Waals surface area contributed by atoms with Crippen LogP contribution in [0.25, 0.3) is 0 Å². The van der Waals surface area contributed by atoms with Gasteiger partial charge in [0.1, 0.15) is 5.54 Å². The van der Waals surface area contributed by atoms with E-state index in [0.717, 1.165) is 10.5 Å². The summed E-state index contributed by atoms with van der Waals surface area (Å²) in [5.41, 5.74) is 0.0972. The normalized spacial score (nSPS) is 11.0. The third-order valence-electron chi connectivity index (χ3n) is 3.03. The van der Waals surface area contributed by atoms with Crippen molar-refractivity contribution in [3.8, 4) is 0 Å². The molecular weight excluding hydrogens is 268 g/mol. The number of aliphatic carboxylic acids is 1. The largest absolute Gasteiger partial charge is 0.480 e. The van der Waals surface area contributed by atoms with Crippen LogP contribution in [0.3, 0.4) is 0 Å². The Kier molecular flexibility index (Phi) is 4.42. The molecule has 19 heavy (non-hydrogen) atoms. The van der Waals surface area contributed by atoms with Gasteiger partial charge in [0.2, 0.25) is 0 Å². The summed E-state index contributed by atoms with van der Waals surface area (Å²) in [5.74, 6) is -1.08. The van der Waals surface area contributed by atoms with E-state index in [1.165, 1.54) is 20.9 Å². The van der Waals surface area contributed by atoms with Gasteiger partial charge < -0.3 is 15.3 Å². The van der Waals surface area contributed by atoms with E-state index in [1.54, 1.807) is 12.1 Å². The number of halogens is 1. The zero-order chi connectivity index (χ0) is 14.8. The summed E-state index contributed by atoms with van der Waals surface area (Å²) in [5, 5.41) is 12.1. The second-order valence-corrected chi connectivity index (χ2v) is 5.24. The maximum atomic E-state index is 12.0. The van der Waals surface area contributed by atoms with E-state index in [0.29, 0.717) is 10.7 Å². The Labute approximate surface area is 117 Å². The number of urea groups is 1. The van der Waals surface area contributed by atoms with Crippen LogP contribution in [0.5, 0.6) is 0 Å². The van der Waals surface area contributed by atoms with Crippen molar-refractivity contribution in [3.05, 3.63) is 28.8 Å². The Bertz CT molecular complexity index is 515. The van der Waals surface area contributed by atoms with E-state index in [1.807, 2.05) is 13.0 Å². The summed E-state index contributed by atoms with van der Waals surface area (Å²) in [4.78, 5) is 24.2. The Balaban J connectivity index is 2.91. The molecule has 0 atom stereocenters. The highest BCUT2D eigenvalue weighted by Gasteiger charge is 2.35. The lowest BCUT2D eigenvalue weighted by Gasteiger charge is -2.31. The van der Waals surface area contributed by atoms with Gasteiger partial charge in [-0.05, 0) is 38.5 Å². The first kappa shape index (κ1) is 15.3. The van der Waals surface area contributed by atoms with Gasteiger partial charge in [0, 0.05) is 7.05 Å². The summed E-state index contributed by atoms with van der Waals surface area (Å²) in [6.45, 7) is 4.77. The molecule has 0 aliphatic heterocycles. The Morgan fingerprint density at radius 1 is 1.37 bits per heavy atom. The number of rotatable bonds is 3. The van der Waals surface area contributed by atoms with E-state index >= 15 is 0 Å². The number of hydrogen-bond donors (Lipinski definition) is 2. The summed E-state index contributed by atoms with van der Waals surface area (Å²) < 4.78 is 0. The Hall–Kier alpha value is -1.75. The fourth-order valence-corrected chi connectivity index (χ4v) is 1.50. The number of hydrogen-bond acceptors (Lipinski definition) is 2. The molecule has 0 bridgehead atoms. The van der Waals surface area contributed by atoms with Crippen LogP contribution in [-0.2, 0) is 4.79 Å². The fourth-order valence-electron chi connectivity index (χ4n) is 1.33. The molecule has 1 aromatic carbocycles. The van der Waals surface area contributed by atoms with Crippen molar-refractivity contribution in [2.75, 3.05) is 12.4 Å². The van der Waals surface area contributed by atoms with Crippen LogP contribution >= 0.6 is 11.6 Å². The lowest BCUT2D eigenvalue weighted by atomic mass is 10.1. The standard InChI is InChI=1S/C13H17ClN2O3/c1-8-5-6-9(14)10(7-8)15-12(19)16(4)13(2,3)11(17)18/h5-7H,1-4H3,(H,15,19)(H,17,18). The molecule has 1 aromatic rings. The van der Waals surface area contributed by atoms with Crippen molar-refractivity contribution in [1.82, 2.24) is 4.90 Å². The molecule has 0 saturated heterocycles. The molecule has 0 aliphatic carbocycles. The molecule has 0 heterocycles. The first-order valence-electron chi connectivity index (χ1n) is 5.70. The van der Waals surface area contributed by atoms with Gasteiger partial charge in [0.25, 0.3) is 0 Å². The first-order valence-corrected chi connectivity index (χ1v) is 6.08. The monoisotopic (exact) mass is 284 g/mol. The summed E-state index contributed by atoms with van der Waals surface area (Å²) in [7, 11) is 1.42. The van der Waals surface area contributed by atoms with Gasteiger partial charge in [-0.1, -0.05) is 17.7 Å². The van der Waals surface area contributed by atoms with Crippen molar-refractivity contribution >= 4 is 29.3 Å². The van der Waals surface area contributed by atoms with Crippen molar-refractivity contribution in [3.63, 3.8) is 0 Å². The van der Waals surface area contributed by atoms with Gasteiger partial charge in [-0.25, -0.2) is 9.59 Å². The Morgan fingerprint density at radius 2 is 1.95 bits per heavy atom. The summed E-state index contributed by atoms with van der Waals surface area (Å²) in [6.07, 6.45) is 0. The zero-order valence-corrected chi connectivity index (χ0v) is 12.1. The molecule has 6 heteroatoms. The molecule has 0 fully saturated rings. The van der Waals surface area contributed by atoms with Crippen LogP contribution < -0.4 is 5.32 Å². The van der Waals surface area contributed by atoms with Crippen molar-refractivity contribution in [2.24, 2.45) is 0 Å². The summed E-state index contributed by atoms with van der Waals surface area (Å²) >= 11 is 5.97. The third-order valence-corrected chi connectivity index (χ3v) is 3.36. The molecule has 0 aliphatic rings. The topological polar surface area (TPSA) is 69.6 Å². The summed E-state index contributed by atoms with van der Waals surface area (Å²) in [6, 6.07) is 4.69. The number of carboxylic acid groups (broad SMARTS) is 1. The minimum atomic E-state index is -1.31. The van der Waals surface area contributed by atoms with Crippen LogP contribution in [0.1, 0.15) is 19.4 Å². The molecule has 0 aromatic heterocycles.